The van der Waals surface area contributed by atoms with Crippen molar-refractivity contribution >= 4 is 46.5 Å². The molecule has 210 valence electrons. The molecule has 7 rings (SSSR count). The van der Waals surface area contributed by atoms with E-state index in [4.69, 9.17) is 11.6 Å². The number of carbonyl (C=O) groups excluding carboxylic acids is 3. The molecule has 0 radical (unpaired) electrons. The van der Waals surface area contributed by atoms with E-state index in [2.05, 4.69) is 21.9 Å². The fourth-order valence-corrected chi connectivity index (χ4v) is 6.88. The van der Waals surface area contributed by atoms with Gasteiger partial charge >= 0.3 is 6.03 Å². The molecule has 0 bridgehead atoms. The van der Waals surface area contributed by atoms with Crippen LogP contribution in [-0.4, -0.2) is 48.4 Å². The first-order chi connectivity index (χ1) is 20.5. The van der Waals surface area contributed by atoms with Gasteiger partial charge in [0, 0.05) is 36.9 Å². The lowest BCUT2D eigenvalue weighted by atomic mass is 9.67. The summed E-state index contributed by atoms with van der Waals surface area (Å²) in [5.74, 6) is -0.985. The van der Waals surface area contributed by atoms with Crippen LogP contribution in [-0.2, 0) is 22.6 Å². The number of para-hydroxylation sites is 2. The first kappa shape index (κ1) is 26.4. The molecule has 8 heteroatoms. The van der Waals surface area contributed by atoms with Gasteiger partial charge in [-0.05, 0) is 53.9 Å². The summed E-state index contributed by atoms with van der Waals surface area (Å²) in [7, 11) is 0. The molecule has 3 heterocycles. The standard InChI is InChI=1S/C34H29ClN4O3/c35-26-17-16-25-21-34(30-23-36(18-19-37(30)29(25)20-26)22-24-10-4-1-5-11-24)31(40)38(27-12-6-2-7-13-27)33(42)39(32(34)41)28-14-8-3-9-15-28/h1-17,20,30H,18-19,21-23H2/t30-/m0/s1. The predicted octanol–water partition coefficient (Wildman–Crippen LogP) is 5.77. The number of piperazine rings is 1. The maximum atomic E-state index is 14.9. The average Bonchev–Trinajstić information content (AvgIpc) is 3.02. The monoisotopic (exact) mass is 576 g/mol. The van der Waals surface area contributed by atoms with Gasteiger partial charge in [-0.2, -0.15) is 0 Å². The summed E-state index contributed by atoms with van der Waals surface area (Å²) in [4.78, 5) is 50.7. The lowest BCUT2D eigenvalue weighted by Gasteiger charge is -2.56. The normalized spacial score (nSPS) is 20.1. The molecule has 2 saturated heterocycles. The zero-order valence-electron chi connectivity index (χ0n) is 22.9. The molecule has 0 unspecified atom stereocenters. The van der Waals surface area contributed by atoms with Crippen LogP contribution in [0.5, 0.6) is 0 Å². The second kappa shape index (κ2) is 10.4. The van der Waals surface area contributed by atoms with Gasteiger partial charge < -0.3 is 4.90 Å². The number of rotatable bonds is 4. The lowest BCUT2D eigenvalue weighted by molar-refractivity contribution is -0.143. The van der Waals surface area contributed by atoms with Gasteiger partial charge in [0.25, 0.3) is 11.8 Å². The van der Waals surface area contributed by atoms with Crippen molar-refractivity contribution < 1.29 is 14.4 Å². The topological polar surface area (TPSA) is 64.2 Å². The van der Waals surface area contributed by atoms with E-state index in [9.17, 15) is 14.4 Å². The molecule has 0 saturated carbocycles. The number of barbiturate groups is 1. The van der Waals surface area contributed by atoms with Crippen molar-refractivity contribution in [1.29, 1.82) is 0 Å². The SMILES string of the molecule is O=C1N(c2ccccc2)C(=O)C2(Cc3ccc(Cl)cc3N3CCN(Cc4ccccc4)C[C@H]32)C(=O)N1c1ccccc1. The van der Waals surface area contributed by atoms with E-state index in [0.717, 1.165) is 23.4 Å². The number of halogens is 1. The van der Waals surface area contributed by atoms with Gasteiger partial charge in [0.1, 0.15) is 0 Å². The fraction of sp³-hybridized carbons (Fsp3) is 0.206. The third kappa shape index (κ3) is 4.19. The summed E-state index contributed by atoms with van der Waals surface area (Å²) < 4.78 is 0. The van der Waals surface area contributed by atoms with Gasteiger partial charge in [-0.15, -0.1) is 0 Å². The Kier molecular flexibility index (Phi) is 6.56. The van der Waals surface area contributed by atoms with Crippen molar-refractivity contribution in [2.24, 2.45) is 5.41 Å². The molecule has 4 aromatic carbocycles. The van der Waals surface area contributed by atoms with Crippen LogP contribution in [0.1, 0.15) is 11.1 Å². The van der Waals surface area contributed by atoms with Gasteiger partial charge in [0.15, 0.2) is 5.41 Å². The van der Waals surface area contributed by atoms with Crippen LogP contribution >= 0.6 is 11.6 Å². The second-order valence-corrected chi connectivity index (χ2v) is 11.5. The zero-order valence-corrected chi connectivity index (χ0v) is 23.7. The van der Waals surface area contributed by atoms with Gasteiger partial charge in [-0.1, -0.05) is 84.4 Å². The molecule has 4 amide bonds. The Morgan fingerprint density at radius 2 is 1.29 bits per heavy atom. The number of hydrogen-bond donors (Lipinski definition) is 0. The van der Waals surface area contributed by atoms with Gasteiger partial charge in [0.2, 0.25) is 0 Å². The molecule has 3 aliphatic rings. The van der Waals surface area contributed by atoms with Crippen LogP contribution in [0.3, 0.4) is 0 Å². The summed E-state index contributed by atoms with van der Waals surface area (Å²) >= 11 is 6.47. The number of benzene rings is 4. The molecule has 3 aliphatic heterocycles. The Bertz CT molecular complexity index is 1600. The van der Waals surface area contributed by atoms with E-state index >= 15 is 0 Å². The number of fused-ring (bicyclic) bond motifs is 4. The molecule has 7 nitrogen and oxygen atoms in total. The van der Waals surface area contributed by atoms with Crippen LogP contribution in [0.4, 0.5) is 21.9 Å². The minimum Gasteiger partial charge on any atom is -0.364 e. The van der Waals surface area contributed by atoms with E-state index in [-0.39, 0.29) is 6.42 Å². The third-order valence-corrected chi connectivity index (χ3v) is 8.92. The van der Waals surface area contributed by atoms with Crippen molar-refractivity contribution in [1.82, 2.24) is 4.90 Å². The van der Waals surface area contributed by atoms with Gasteiger partial charge in [0.05, 0.1) is 17.4 Å². The highest BCUT2D eigenvalue weighted by Gasteiger charge is 2.65. The van der Waals surface area contributed by atoms with E-state index in [0.29, 0.717) is 36.0 Å². The van der Waals surface area contributed by atoms with Crippen LogP contribution < -0.4 is 14.7 Å². The maximum Gasteiger partial charge on any atom is 0.342 e. The molecule has 2 fully saturated rings. The fourth-order valence-electron chi connectivity index (χ4n) is 6.72. The van der Waals surface area contributed by atoms with Crippen molar-refractivity contribution in [3.05, 3.63) is 125 Å². The smallest absolute Gasteiger partial charge is 0.342 e. The summed E-state index contributed by atoms with van der Waals surface area (Å²) in [6.45, 7) is 2.52. The van der Waals surface area contributed by atoms with Crippen LogP contribution in [0.15, 0.2) is 109 Å². The number of imide groups is 2. The Labute approximate surface area is 249 Å². The minimum atomic E-state index is -1.55. The number of carbonyl (C=O) groups is 3. The number of anilines is 3. The van der Waals surface area contributed by atoms with E-state index < -0.39 is 29.3 Å². The number of amides is 4. The Morgan fingerprint density at radius 3 is 1.88 bits per heavy atom. The van der Waals surface area contributed by atoms with Crippen molar-refractivity contribution in [2.45, 2.75) is 19.0 Å². The number of hydrogen-bond acceptors (Lipinski definition) is 5. The Balaban J connectivity index is 1.40. The van der Waals surface area contributed by atoms with E-state index in [1.165, 1.54) is 9.80 Å². The van der Waals surface area contributed by atoms with Gasteiger partial charge in [-0.25, -0.2) is 14.6 Å². The predicted molar refractivity (Wildman–Crippen MR) is 164 cm³/mol. The van der Waals surface area contributed by atoms with E-state index in [1.54, 1.807) is 54.6 Å². The Morgan fingerprint density at radius 1 is 0.714 bits per heavy atom. The molecule has 0 N–H and O–H groups in total. The number of urea groups is 1. The summed E-state index contributed by atoms with van der Waals surface area (Å²) in [6, 6.07) is 32.4. The third-order valence-electron chi connectivity index (χ3n) is 8.69. The second-order valence-electron chi connectivity index (χ2n) is 11.1. The largest absolute Gasteiger partial charge is 0.364 e. The quantitative estimate of drug-likeness (QED) is 0.289. The number of nitrogens with zero attached hydrogens (tertiary/aromatic N) is 4. The van der Waals surface area contributed by atoms with E-state index in [1.807, 2.05) is 42.5 Å². The summed E-state index contributed by atoms with van der Waals surface area (Å²) in [5.41, 5.74) is 2.29. The molecular formula is C34H29ClN4O3. The van der Waals surface area contributed by atoms with Crippen LogP contribution in [0.2, 0.25) is 5.02 Å². The zero-order chi connectivity index (χ0) is 28.8. The van der Waals surface area contributed by atoms with Crippen LogP contribution in [0.25, 0.3) is 0 Å². The first-order valence-corrected chi connectivity index (χ1v) is 14.5. The average molecular weight is 577 g/mol. The summed E-state index contributed by atoms with van der Waals surface area (Å²) in [5, 5.41) is 0.600. The first-order valence-electron chi connectivity index (χ1n) is 14.1. The summed E-state index contributed by atoms with van der Waals surface area (Å²) in [6.07, 6.45) is 0.164. The molecule has 4 aromatic rings. The Hall–Kier alpha value is -4.46. The maximum absolute atomic E-state index is 14.9. The minimum absolute atomic E-state index is 0.164. The molecular weight excluding hydrogens is 548 g/mol. The lowest BCUT2D eigenvalue weighted by Crippen LogP contribution is -2.76. The van der Waals surface area contributed by atoms with Crippen molar-refractivity contribution in [3.63, 3.8) is 0 Å². The highest BCUT2D eigenvalue weighted by atomic mass is 35.5. The van der Waals surface area contributed by atoms with Crippen molar-refractivity contribution in [3.8, 4) is 0 Å². The molecule has 0 aliphatic carbocycles. The highest BCUT2D eigenvalue weighted by Crippen LogP contribution is 2.49. The highest BCUT2D eigenvalue weighted by molar-refractivity contribution is 6.39. The van der Waals surface area contributed by atoms with Gasteiger partial charge in [-0.3, -0.25) is 14.5 Å². The molecule has 1 spiro atoms. The van der Waals surface area contributed by atoms with Crippen LogP contribution in [0, 0.1) is 5.41 Å². The molecule has 42 heavy (non-hydrogen) atoms. The van der Waals surface area contributed by atoms with Crippen molar-refractivity contribution in [2.75, 3.05) is 34.3 Å². The molecule has 1 atom stereocenters. The molecule has 0 aromatic heterocycles.